The standard InChI is InChI=1S/C11H23N3O2/c12-6-3-1-2-4-7-13-11(15)14-10-5-8-16-9-10/h10H,1-9,12H2,(H2,13,14,15). The summed E-state index contributed by atoms with van der Waals surface area (Å²) in [5, 5.41) is 5.74. The Bertz CT molecular complexity index is 194. The van der Waals surface area contributed by atoms with Crippen molar-refractivity contribution in [3.05, 3.63) is 0 Å². The third-order valence-corrected chi connectivity index (χ3v) is 2.68. The summed E-state index contributed by atoms with van der Waals surface area (Å²) in [6, 6.07) is 0.117. The molecule has 1 aliphatic heterocycles. The molecule has 94 valence electrons. The van der Waals surface area contributed by atoms with Crippen LogP contribution < -0.4 is 16.4 Å². The molecule has 0 saturated carbocycles. The first-order valence-corrected chi connectivity index (χ1v) is 6.15. The van der Waals surface area contributed by atoms with Gasteiger partial charge in [-0.1, -0.05) is 12.8 Å². The van der Waals surface area contributed by atoms with E-state index in [4.69, 9.17) is 10.5 Å². The minimum Gasteiger partial charge on any atom is -0.379 e. The lowest BCUT2D eigenvalue weighted by Gasteiger charge is -2.11. The first-order chi connectivity index (χ1) is 7.83. The van der Waals surface area contributed by atoms with Gasteiger partial charge in [-0.15, -0.1) is 0 Å². The van der Waals surface area contributed by atoms with Gasteiger partial charge >= 0.3 is 6.03 Å². The number of nitrogens with two attached hydrogens (primary N) is 1. The monoisotopic (exact) mass is 229 g/mol. The predicted octanol–water partition coefficient (Wildman–Crippen LogP) is 0.594. The van der Waals surface area contributed by atoms with Crippen molar-refractivity contribution in [3.63, 3.8) is 0 Å². The molecule has 1 fully saturated rings. The highest BCUT2D eigenvalue weighted by Crippen LogP contribution is 2.02. The molecule has 0 aromatic rings. The van der Waals surface area contributed by atoms with Gasteiger partial charge in [-0.2, -0.15) is 0 Å². The molecule has 1 aliphatic rings. The SMILES string of the molecule is NCCCCCCNC(=O)NC1CCOC1. The summed E-state index contributed by atoms with van der Waals surface area (Å²) < 4.78 is 5.17. The van der Waals surface area contributed by atoms with Crippen LogP contribution in [0.2, 0.25) is 0 Å². The molecule has 1 heterocycles. The van der Waals surface area contributed by atoms with Gasteiger partial charge in [-0.25, -0.2) is 4.79 Å². The molecule has 0 aromatic heterocycles. The van der Waals surface area contributed by atoms with Gasteiger partial charge in [0.05, 0.1) is 12.6 Å². The highest BCUT2D eigenvalue weighted by molar-refractivity contribution is 5.74. The largest absolute Gasteiger partial charge is 0.379 e. The van der Waals surface area contributed by atoms with Crippen molar-refractivity contribution in [2.45, 2.75) is 38.1 Å². The summed E-state index contributed by atoms with van der Waals surface area (Å²) >= 11 is 0. The number of ether oxygens (including phenoxy) is 1. The number of amides is 2. The van der Waals surface area contributed by atoms with Gasteiger partial charge in [0, 0.05) is 13.2 Å². The van der Waals surface area contributed by atoms with Crippen LogP contribution in [0, 0.1) is 0 Å². The number of hydrogen-bond donors (Lipinski definition) is 3. The summed E-state index contributed by atoms with van der Waals surface area (Å²) in [6.07, 6.45) is 5.30. The minimum atomic E-state index is -0.0747. The van der Waals surface area contributed by atoms with Crippen LogP contribution in [0.1, 0.15) is 32.1 Å². The van der Waals surface area contributed by atoms with E-state index in [2.05, 4.69) is 10.6 Å². The lowest BCUT2D eigenvalue weighted by Crippen LogP contribution is -2.42. The molecule has 1 atom stereocenters. The quantitative estimate of drug-likeness (QED) is 0.559. The van der Waals surface area contributed by atoms with Crippen LogP contribution in [0.4, 0.5) is 4.79 Å². The highest BCUT2D eigenvalue weighted by atomic mass is 16.5. The van der Waals surface area contributed by atoms with Gasteiger partial charge in [-0.3, -0.25) is 0 Å². The summed E-state index contributed by atoms with van der Waals surface area (Å²) in [5.74, 6) is 0. The van der Waals surface area contributed by atoms with Crippen LogP contribution in [-0.2, 0) is 4.74 Å². The Labute approximate surface area is 97.1 Å². The molecular formula is C11H23N3O2. The van der Waals surface area contributed by atoms with Crippen LogP contribution in [-0.4, -0.2) is 38.4 Å². The summed E-state index contributed by atoms with van der Waals surface area (Å²) in [6.45, 7) is 2.90. The van der Waals surface area contributed by atoms with Gasteiger partial charge in [0.1, 0.15) is 0 Å². The predicted molar refractivity (Wildman–Crippen MR) is 63.3 cm³/mol. The molecule has 0 radical (unpaired) electrons. The maximum atomic E-state index is 11.4. The van der Waals surface area contributed by atoms with E-state index < -0.39 is 0 Å². The van der Waals surface area contributed by atoms with Gasteiger partial charge < -0.3 is 21.1 Å². The molecule has 0 aliphatic carbocycles. The van der Waals surface area contributed by atoms with Crippen LogP contribution in [0.25, 0.3) is 0 Å². The molecule has 0 spiro atoms. The van der Waals surface area contributed by atoms with E-state index in [9.17, 15) is 4.79 Å². The Morgan fingerprint density at radius 3 is 2.81 bits per heavy atom. The fourth-order valence-electron chi connectivity index (χ4n) is 1.71. The molecule has 2 amide bonds. The van der Waals surface area contributed by atoms with Crippen LogP contribution in [0.15, 0.2) is 0 Å². The number of hydrogen-bond acceptors (Lipinski definition) is 3. The maximum Gasteiger partial charge on any atom is 0.315 e. The molecule has 0 aromatic carbocycles. The maximum absolute atomic E-state index is 11.4. The Kier molecular flexibility index (Phi) is 6.92. The van der Waals surface area contributed by atoms with Crippen molar-refractivity contribution in [1.29, 1.82) is 0 Å². The van der Waals surface area contributed by atoms with Crippen molar-refractivity contribution in [1.82, 2.24) is 10.6 Å². The number of rotatable bonds is 7. The van der Waals surface area contributed by atoms with Gasteiger partial charge in [-0.05, 0) is 25.8 Å². The Hall–Kier alpha value is -0.810. The Morgan fingerprint density at radius 2 is 2.12 bits per heavy atom. The van der Waals surface area contributed by atoms with E-state index >= 15 is 0 Å². The average molecular weight is 229 g/mol. The molecule has 16 heavy (non-hydrogen) atoms. The van der Waals surface area contributed by atoms with Crippen LogP contribution in [0.3, 0.4) is 0 Å². The molecule has 1 rings (SSSR count). The third-order valence-electron chi connectivity index (χ3n) is 2.68. The highest BCUT2D eigenvalue weighted by Gasteiger charge is 2.16. The van der Waals surface area contributed by atoms with E-state index in [-0.39, 0.29) is 12.1 Å². The van der Waals surface area contributed by atoms with Crippen molar-refractivity contribution in [2.75, 3.05) is 26.3 Å². The fourth-order valence-corrected chi connectivity index (χ4v) is 1.71. The first kappa shape index (κ1) is 13.3. The number of urea groups is 1. The summed E-state index contributed by atoms with van der Waals surface area (Å²) in [5.41, 5.74) is 5.39. The summed E-state index contributed by atoms with van der Waals surface area (Å²) in [7, 11) is 0. The second-order valence-corrected chi connectivity index (χ2v) is 4.16. The zero-order chi connectivity index (χ0) is 11.6. The van der Waals surface area contributed by atoms with Crippen molar-refractivity contribution in [3.8, 4) is 0 Å². The molecule has 1 saturated heterocycles. The number of carbonyl (C=O) groups is 1. The third kappa shape index (κ3) is 5.92. The molecule has 0 bridgehead atoms. The fraction of sp³-hybridized carbons (Fsp3) is 0.909. The number of nitrogens with one attached hydrogen (secondary N) is 2. The second kappa shape index (κ2) is 8.35. The van der Waals surface area contributed by atoms with E-state index in [1.807, 2.05) is 0 Å². The second-order valence-electron chi connectivity index (χ2n) is 4.16. The number of unbranched alkanes of at least 4 members (excludes halogenated alkanes) is 3. The lowest BCUT2D eigenvalue weighted by atomic mass is 10.2. The van der Waals surface area contributed by atoms with E-state index in [0.29, 0.717) is 6.61 Å². The zero-order valence-electron chi connectivity index (χ0n) is 9.84. The van der Waals surface area contributed by atoms with E-state index in [1.54, 1.807) is 0 Å². The number of carbonyl (C=O) groups excluding carboxylic acids is 1. The van der Waals surface area contributed by atoms with Crippen LogP contribution in [0.5, 0.6) is 0 Å². The van der Waals surface area contributed by atoms with E-state index in [1.165, 1.54) is 0 Å². The summed E-state index contributed by atoms with van der Waals surface area (Å²) in [4.78, 5) is 11.4. The molecular weight excluding hydrogens is 206 g/mol. The van der Waals surface area contributed by atoms with Gasteiger partial charge in [0.15, 0.2) is 0 Å². The smallest absolute Gasteiger partial charge is 0.315 e. The van der Waals surface area contributed by atoms with Crippen LogP contribution >= 0.6 is 0 Å². The molecule has 5 nitrogen and oxygen atoms in total. The minimum absolute atomic E-state index is 0.0747. The molecule has 4 N–H and O–H groups in total. The van der Waals surface area contributed by atoms with Crippen molar-refractivity contribution in [2.24, 2.45) is 5.73 Å². The van der Waals surface area contributed by atoms with Gasteiger partial charge in [0.25, 0.3) is 0 Å². The van der Waals surface area contributed by atoms with Crippen molar-refractivity contribution < 1.29 is 9.53 Å². The lowest BCUT2D eigenvalue weighted by molar-refractivity contribution is 0.188. The zero-order valence-corrected chi connectivity index (χ0v) is 9.84. The topological polar surface area (TPSA) is 76.4 Å². The first-order valence-electron chi connectivity index (χ1n) is 6.15. The van der Waals surface area contributed by atoms with Gasteiger partial charge in [0.2, 0.25) is 0 Å². The molecule has 5 heteroatoms. The van der Waals surface area contributed by atoms with E-state index in [0.717, 1.165) is 51.8 Å². The van der Waals surface area contributed by atoms with Crippen molar-refractivity contribution >= 4 is 6.03 Å². The normalized spacial score (nSPS) is 19.7. The Morgan fingerprint density at radius 1 is 1.31 bits per heavy atom. The molecule has 1 unspecified atom stereocenters. The Balaban J connectivity index is 1.89. The average Bonchev–Trinajstić information content (AvgIpc) is 2.76.